The zero-order valence-corrected chi connectivity index (χ0v) is 15.5. The zero-order chi connectivity index (χ0) is 16.6. The molecule has 0 aromatic carbocycles. The second kappa shape index (κ2) is 6.77. The highest BCUT2D eigenvalue weighted by Gasteiger charge is 2.25. The van der Waals surface area contributed by atoms with Crippen molar-refractivity contribution >= 4 is 39.1 Å². The highest BCUT2D eigenvalue weighted by atomic mass is 32.2. The predicted molar refractivity (Wildman–Crippen MR) is 96.9 cm³/mol. The molecule has 6 heteroatoms. The summed E-state index contributed by atoms with van der Waals surface area (Å²) in [7, 11) is 0. The first-order valence-electron chi connectivity index (χ1n) is 8.19. The van der Waals surface area contributed by atoms with Crippen LogP contribution in [0.15, 0.2) is 9.95 Å². The number of Topliss-reactive ketones (excluding diaryl/α,β-unsaturated/α-hetero) is 1. The van der Waals surface area contributed by atoms with Gasteiger partial charge in [0, 0.05) is 17.3 Å². The molecule has 2 aromatic heterocycles. The van der Waals surface area contributed by atoms with E-state index in [1.165, 1.54) is 11.8 Å². The van der Waals surface area contributed by atoms with Crippen molar-refractivity contribution in [1.82, 2.24) is 9.55 Å². The summed E-state index contributed by atoms with van der Waals surface area (Å²) in [4.78, 5) is 31.5. The van der Waals surface area contributed by atoms with E-state index in [-0.39, 0.29) is 17.4 Å². The van der Waals surface area contributed by atoms with Gasteiger partial charge in [-0.25, -0.2) is 4.98 Å². The van der Waals surface area contributed by atoms with Crippen molar-refractivity contribution in [2.24, 2.45) is 0 Å². The topological polar surface area (TPSA) is 52.0 Å². The number of hydrogen-bond acceptors (Lipinski definition) is 5. The Labute approximate surface area is 144 Å². The van der Waals surface area contributed by atoms with Crippen molar-refractivity contribution in [3.63, 3.8) is 0 Å². The van der Waals surface area contributed by atoms with Crippen LogP contribution >= 0.6 is 23.1 Å². The van der Waals surface area contributed by atoms with Crippen LogP contribution in [0.2, 0.25) is 0 Å². The van der Waals surface area contributed by atoms with E-state index in [0.29, 0.717) is 12.2 Å². The second-order valence-electron chi connectivity index (χ2n) is 6.15. The summed E-state index contributed by atoms with van der Waals surface area (Å²) < 4.78 is 1.88. The van der Waals surface area contributed by atoms with Crippen LogP contribution in [0.5, 0.6) is 0 Å². The van der Waals surface area contributed by atoms with Crippen LogP contribution in [-0.4, -0.2) is 21.1 Å². The van der Waals surface area contributed by atoms with Gasteiger partial charge in [0.2, 0.25) is 0 Å². The first-order valence-corrected chi connectivity index (χ1v) is 9.99. The minimum Gasteiger partial charge on any atom is -0.299 e. The van der Waals surface area contributed by atoms with Gasteiger partial charge in [0.05, 0.1) is 11.1 Å². The average Bonchev–Trinajstić information content (AvgIpc) is 3.14. The lowest BCUT2D eigenvalue weighted by atomic mass is 10.2. The van der Waals surface area contributed by atoms with E-state index in [9.17, 15) is 9.59 Å². The first-order chi connectivity index (χ1) is 11.0. The van der Waals surface area contributed by atoms with Crippen LogP contribution in [0.25, 0.3) is 10.2 Å². The molecule has 0 unspecified atom stereocenters. The summed E-state index contributed by atoms with van der Waals surface area (Å²) in [5.74, 6) is 0.589. The van der Waals surface area contributed by atoms with Gasteiger partial charge in [-0.2, -0.15) is 0 Å². The number of rotatable bonds is 5. The minimum atomic E-state index is 0.0789. The lowest BCUT2D eigenvalue weighted by Gasteiger charge is -2.17. The Morgan fingerprint density at radius 3 is 2.70 bits per heavy atom. The fourth-order valence-electron chi connectivity index (χ4n) is 3.12. The Morgan fingerprint density at radius 2 is 2.04 bits per heavy atom. The largest absolute Gasteiger partial charge is 0.299 e. The van der Waals surface area contributed by atoms with Crippen LogP contribution in [0.1, 0.15) is 55.5 Å². The Balaban J connectivity index is 2.13. The summed E-state index contributed by atoms with van der Waals surface area (Å²) in [6, 6.07) is 0.234. The highest BCUT2D eigenvalue weighted by molar-refractivity contribution is 7.99. The fraction of sp³-hybridized carbons (Fsp3) is 0.588. The van der Waals surface area contributed by atoms with E-state index in [1.54, 1.807) is 11.3 Å². The molecule has 23 heavy (non-hydrogen) atoms. The number of fused-ring (bicyclic) bond motifs is 1. The number of carbonyl (C=O) groups is 1. The van der Waals surface area contributed by atoms with Crippen molar-refractivity contribution in [3.05, 3.63) is 20.8 Å². The summed E-state index contributed by atoms with van der Waals surface area (Å²) >= 11 is 3.00. The lowest BCUT2D eigenvalue weighted by Crippen LogP contribution is -2.26. The summed E-state index contributed by atoms with van der Waals surface area (Å²) in [5.41, 5.74) is 1.13. The third-order valence-electron chi connectivity index (χ3n) is 4.65. The van der Waals surface area contributed by atoms with Gasteiger partial charge >= 0.3 is 0 Å². The molecule has 124 valence electrons. The molecule has 0 saturated heterocycles. The number of aryl methyl sites for hydroxylation is 2. The maximum atomic E-state index is 13.1. The Hall–Kier alpha value is -1.14. The quantitative estimate of drug-likeness (QED) is 0.597. The SMILES string of the molecule is CCC(=O)CSc1nc2sc(C)c(C)c2c(=O)n1C1CCCC1. The van der Waals surface area contributed by atoms with Crippen molar-refractivity contribution in [3.8, 4) is 0 Å². The number of thiophene rings is 1. The van der Waals surface area contributed by atoms with Crippen LogP contribution in [-0.2, 0) is 4.79 Å². The molecule has 0 atom stereocenters. The van der Waals surface area contributed by atoms with E-state index < -0.39 is 0 Å². The number of ketones is 1. The standard InChI is InChI=1S/C17H22N2O2S2/c1-4-13(20)9-22-17-18-15-14(10(2)11(3)23-15)16(21)19(17)12-7-5-6-8-12/h12H,4-9H2,1-3H3. The molecular weight excluding hydrogens is 328 g/mol. The third-order valence-corrected chi connectivity index (χ3v) is 6.76. The number of carbonyl (C=O) groups excluding carboxylic acids is 1. The Morgan fingerprint density at radius 1 is 1.35 bits per heavy atom. The summed E-state index contributed by atoms with van der Waals surface area (Å²) in [5, 5.41) is 1.49. The number of nitrogens with zero attached hydrogens (tertiary/aromatic N) is 2. The van der Waals surface area contributed by atoms with Gasteiger partial charge in [-0.15, -0.1) is 11.3 Å². The van der Waals surface area contributed by atoms with Gasteiger partial charge in [-0.1, -0.05) is 31.5 Å². The van der Waals surface area contributed by atoms with Crippen molar-refractivity contribution < 1.29 is 4.79 Å². The van der Waals surface area contributed by atoms with Gasteiger partial charge in [0.25, 0.3) is 5.56 Å². The third kappa shape index (κ3) is 3.11. The molecule has 1 aliphatic carbocycles. The van der Waals surface area contributed by atoms with Crippen molar-refractivity contribution in [1.29, 1.82) is 0 Å². The number of hydrogen-bond donors (Lipinski definition) is 0. The fourth-order valence-corrected chi connectivity index (χ4v) is 5.22. The van der Waals surface area contributed by atoms with Gasteiger partial charge < -0.3 is 0 Å². The summed E-state index contributed by atoms with van der Waals surface area (Å²) in [6.07, 6.45) is 4.92. The highest BCUT2D eigenvalue weighted by Crippen LogP contribution is 2.34. The molecule has 2 heterocycles. The monoisotopic (exact) mass is 350 g/mol. The number of thioether (sulfide) groups is 1. The van der Waals surface area contributed by atoms with Gasteiger partial charge in [0.1, 0.15) is 10.6 Å². The second-order valence-corrected chi connectivity index (χ2v) is 8.30. The Bertz CT molecular complexity index is 801. The molecule has 0 radical (unpaired) electrons. The lowest BCUT2D eigenvalue weighted by molar-refractivity contribution is -0.116. The molecule has 1 fully saturated rings. The van der Waals surface area contributed by atoms with Crippen molar-refractivity contribution in [2.45, 2.75) is 64.1 Å². The van der Waals surface area contributed by atoms with Gasteiger partial charge in [-0.05, 0) is 32.3 Å². The molecule has 0 amide bonds. The molecule has 0 spiro atoms. The van der Waals surface area contributed by atoms with Gasteiger partial charge in [0.15, 0.2) is 5.16 Å². The van der Waals surface area contributed by atoms with E-state index in [1.807, 2.05) is 25.3 Å². The van der Waals surface area contributed by atoms with E-state index in [2.05, 4.69) is 0 Å². The molecule has 0 aliphatic heterocycles. The van der Waals surface area contributed by atoms with Crippen LogP contribution in [0.3, 0.4) is 0 Å². The van der Waals surface area contributed by atoms with Gasteiger partial charge in [-0.3, -0.25) is 14.2 Å². The zero-order valence-electron chi connectivity index (χ0n) is 13.8. The smallest absolute Gasteiger partial charge is 0.263 e. The van der Waals surface area contributed by atoms with E-state index in [4.69, 9.17) is 4.98 Å². The summed E-state index contributed by atoms with van der Waals surface area (Å²) in [6.45, 7) is 5.91. The molecule has 0 N–H and O–H groups in total. The van der Waals surface area contributed by atoms with Crippen LogP contribution < -0.4 is 5.56 Å². The normalized spacial score (nSPS) is 15.6. The average molecular weight is 351 g/mol. The molecule has 1 aliphatic rings. The minimum absolute atomic E-state index is 0.0789. The predicted octanol–water partition coefficient (Wildman–Crippen LogP) is 4.26. The molecular formula is C17H22N2O2S2. The van der Waals surface area contributed by atoms with E-state index >= 15 is 0 Å². The van der Waals surface area contributed by atoms with Crippen LogP contribution in [0, 0.1) is 13.8 Å². The molecule has 3 rings (SSSR count). The molecule has 4 nitrogen and oxygen atoms in total. The van der Waals surface area contributed by atoms with Crippen molar-refractivity contribution in [2.75, 3.05) is 5.75 Å². The molecule has 0 bridgehead atoms. The maximum absolute atomic E-state index is 13.1. The number of aromatic nitrogens is 2. The maximum Gasteiger partial charge on any atom is 0.263 e. The van der Waals surface area contributed by atoms with E-state index in [0.717, 1.165) is 51.5 Å². The van der Waals surface area contributed by atoms with Crippen LogP contribution in [0.4, 0.5) is 0 Å². The Kier molecular flexibility index (Phi) is 4.92. The first kappa shape index (κ1) is 16.7. The molecule has 2 aromatic rings. The molecule has 1 saturated carbocycles.